The van der Waals surface area contributed by atoms with Crippen molar-refractivity contribution < 1.29 is 14.3 Å². The number of hydrogen-bond donors (Lipinski definition) is 1. The van der Waals surface area contributed by atoms with Gasteiger partial charge in [-0.1, -0.05) is 6.92 Å². The fraction of sp³-hybridized carbons (Fsp3) is 0.696. The lowest BCUT2D eigenvalue weighted by molar-refractivity contribution is -0.141. The lowest BCUT2D eigenvalue weighted by Gasteiger charge is -2.30. The molecule has 2 atom stereocenters. The maximum Gasteiger partial charge on any atom is 0.256 e. The Balaban J connectivity index is 1.41. The van der Waals surface area contributed by atoms with E-state index >= 15 is 0 Å². The molecule has 5 nitrogen and oxygen atoms in total. The number of piperidine rings is 1. The molecule has 2 fully saturated rings. The number of hydrogen-bond acceptors (Lipinski definition) is 4. The van der Waals surface area contributed by atoms with E-state index in [-0.39, 0.29) is 5.91 Å². The number of ether oxygens (including phenoxy) is 2. The van der Waals surface area contributed by atoms with Crippen molar-refractivity contribution >= 4 is 11.6 Å². The molecule has 1 saturated heterocycles. The fourth-order valence-corrected chi connectivity index (χ4v) is 4.16. The highest BCUT2D eigenvalue weighted by atomic mass is 16.5. The largest absolute Gasteiger partial charge is 0.494 e. The van der Waals surface area contributed by atoms with E-state index in [1.807, 2.05) is 38.1 Å². The summed E-state index contributed by atoms with van der Waals surface area (Å²) in [5, 5.41) is 3.00. The van der Waals surface area contributed by atoms with Crippen molar-refractivity contribution in [2.45, 2.75) is 58.5 Å². The molecule has 1 saturated carbocycles. The minimum Gasteiger partial charge on any atom is -0.494 e. The van der Waals surface area contributed by atoms with Crippen LogP contribution in [0.5, 0.6) is 5.75 Å². The maximum atomic E-state index is 12.7. The van der Waals surface area contributed by atoms with Gasteiger partial charge in [-0.2, -0.15) is 0 Å². The lowest BCUT2D eigenvalue weighted by Crippen LogP contribution is -2.44. The van der Waals surface area contributed by atoms with Crippen LogP contribution in [0, 0.1) is 11.8 Å². The third-order valence-corrected chi connectivity index (χ3v) is 5.99. The first-order valence-corrected chi connectivity index (χ1v) is 10.9. The first-order chi connectivity index (χ1) is 13.5. The van der Waals surface area contributed by atoms with Gasteiger partial charge < -0.3 is 19.7 Å². The third-order valence-electron chi connectivity index (χ3n) is 5.99. The smallest absolute Gasteiger partial charge is 0.256 e. The van der Waals surface area contributed by atoms with Crippen molar-refractivity contribution in [2.24, 2.45) is 11.8 Å². The molecule has 1 amide bonds. The summed E-state index contributed by atoms with van der Waals surface area (Å²) in [6.45, 7) is 11.0. The standard InChI is InChI=1S/C23H36N2O3/c1-4-28-23(3,19-8-9-19)22(26)24-20-10-12-21(13-11-20)27-16-6-15-25-14-5-7-18(2)17-25/h10-13,18-19H,4-9,14-17H2,1-3H3,(H,24,26)/t18-,23+/m0/s1. The monoisotopic (exact) mass is 388 g/mol. The van der Waals surface area contributed by atoms with Gasteiger partial charge in [-0.15, -0.1) is 0 Å². The summed E-state index contributed by atoms with van der Waals surface area (Å²) in [7, 11) is 0. The normalized spacial score (nSPS) is 22.5. The second-order valence-corrected chi connectivity index (χ2v) is 8.54. The van der Waals surface area contributed by atoms with E-state index < -0.39 is 5.60 Å². The van der Waals surface area contributed by atoms with E-state index in [9.17, 15) is 4.79 Å². The van der Waals surface area contributed by atoms with Crippen molar-refractivity contribution in [2.75, 3.05) is 38.2 Å². The van der Waals surface area contributed by atoms with Gasteiger partial charge in [-0.3, -0.25) is 4.79 Å². The van der Waals surface area contributed by atoms with Crippen molar-refractivity contribution in [1.29, 1.82) is 0 Å². The van der Waals surface area contributed by atoms with Gasteiger partial charge in [-0.05, 0) is 88.6 Å². The van der Waals surface area contributed by atoms with Gasteiger partial charge in [0.2, 0.25) is 0 Å². The number of carbonyl (C=O) groups is 1. The molecule has 156 valence electrons. The van der Waals surface area contributed by atoms with Crippen molar-refractivity contribution in [3.8, 4) is 5.75 Å². The van der Waals surface area contributed by atoms with E-state index in [1.54, 1.807) is 0 Å². The lowest BCUT2D eigenvalue weighted by atomic mass is 9.99. The van der Waals surface area contributed by atoms with E-state index in [4.69, 9.17) is 9.47 Å². The minimum absolute atomic E-state index is 0.0544. The Morgan fingerprint density at radius 3 is 2.64 bits per heavy atom. The number of rotatable bonds is 10. The zero-order valence-corrected chi connectivity index (χ0v) is 17.7. The summed E-state index contributed by atoms with van der Waals surface area (Å²) in [6, 6.07) is 7.65. The zero-order chi connectivity index (χ0) is 20.0. The Morgan fingerprint density at radius 1 is 1.25 bits per heavy atom. The van der Waals surface area contributed by atoms with Crippen LogP contribution in [-0.4, -0.2) is 49.3 Å². The van der Waals surface area contributed by atoms with Crippen LogP contribution < -0.4 is 10.1 Å². The zero-order valence-electron chi connectivity index (χ0n) is 17.7. The third kappa shape index (κ3) is 5.71. The second-order valence-electron chi connectivity index (χ2n) is 8.54. The van der Waals surface area contributed by atoms with Crippen molar-refractivity contribution in [3.05, 3.63) is 24.3 Å². The number of anilines is 1. The fourth-order valence-electron chi connectivity index (χ4n) is 4.16. The van der Waals surface area contributed by atoms with Crippen LogP contribution in [0.3, 0.4) is 0 Å². The molecule has 1 aliphatic carbocycles. The summed E-state index contributed by atoms with van der Waals surface area (Å²) in [6.07, 6.45) is 5.85. The summed E-state index contributed by atoms with van der Waals surface area (Å²) in [5.41, 5.74) is 0.0572. The molecule has 0 spiro atoms. The highest BCUT2D eigenvalue weighted by Crippen LogP contribution is 2.42. The van der Waals surface area contributed by atoms with E-state index in [0.717, 1.165) is 49.8 Å². The highest BCUT2D eigenvalue weighted by Gasteiger charge is 2.48. The maximum absolute atomic E-state index is 12.7. The molecule has 0 radical (unpaired) electrons. The summed E-state index contributed by atoms with van der Waals surface area (Å²) in [5.74, 6) is 1.95. The van der Waals surface area contributed by atoms with Crippen LogP contribution in [0.15, 0.2) is 24.3 Å². The molecular formula is C23H36N2O3. The number of benzene rings is 1. The van der Waals surface area contributed by atoms with Crippen LogP contribution in [-0.2, 0) is 9.53 Å². The molecule has 1 aliphatic heterocycles. The Labute approximate surface area is 169 Å². The Bertz CT molecular complexity index is 629. The summed E-state index contributed by atoms with van der Waals surface area (Å²) >= 11 is 0. The molecule has 28 heavy (non-hydrogen) atoms. The van der Waals surface area contributed by atoms with Gasteiger partial charge in [0.1, 0.15) is 11.4 Å². The molecule has 1 N–H and O–H groups in total. The number of nitrogens with zero attached hydrogens (tertiary/aromatic N) is 1. The minimum atomic E-state index is -0.726. The quantitative estimate of drug-likeness (QED) is 0.606. The van der Waals surface area contributed by atoms with Crippen molar-refractivity contribution in [1.82, 2.24) is 4.90 Å². The second kappa shape index (κ2) is 9.75. The average molecular weight is 389 g/mol. The number of nitrogens with one attached hydrogen (secondary N) is 1. The number of likely N-dealkylation sites (tertiary alicyclic amines) is 1. The van der Waals surface area contributed by atoms with Crippen LogP contribution in [0.25, 0.3) is 0 Å². The molecule has 1 aromatic carbocycles. The molecule has 2 aliphatic rings. The first-order valence-electron chi connectivity index (χ1n) is 10.9. The van der Waals surface area contributed by atoms with Gasteiger partial charge in [0, 0.05) is 25.4 Å². The molecule has 1 heterocycles. The van der Waals surface area contributed by atoms with E-state index in [1.165, 1.54) is 25.9 Å². The summed E-state index contributed by atoms with van der Waals surface area (Å²) < 4.78 is 11.7. The Kier molecular flexibility index (Phi) is 7.36. The molecule has 5 heteroatoms. The molecule has 0 unspecified atom stereocenters. The topological polar surface area (TPSA) is 50.8 Å². The predicted molar refractivity (Wildman–Crippen MR) is 113 cm³/mol. The average Bonchev–Trinajstić information content (AvgIpc) is 3.52. The predicted octanol–water partition coefficient (Wildman–Crippen LogP) is 4.33. The van der Waals surface area contributed by atoms with Gasteiger partial charge in [-0.25, -0.2) is 0 Å². The van der Waals surface area contributed by atoms with Crippen LogP contribution >= 0.6 is 0 Å². The molecular weight excluding hydrogens is 352 g/mol. The SMILES string of the molecule is CCO[C@@](C)(C(=O)Nc1ccc(OCCCN2CCC[C@H](C)C2)cc1)C1CC1. The number of carbonyl (C=O) groups excluding carboxylic acids is 1. The molecule has 3 rings (SSSR count). The first kappa shape index (κ1) is 21.1. The van der Waals surface area contributed by atoms with E-state index in [0.29, 0.717) is 12.5 Å². The van der Waals surface area contributed by atoms with Crippen LogP contribution in [0.4, 0.5) is 5.69 Å². The Hall–Kier alpha value is -1.59. The van der Waals surface area contributed by atoms with E-state index in [2.05, 4.69) is 17.1 Å². The molecule has 0 aromatic heterocycles. The van der Waals surface area contributed by atoms with Crippen molar-refractivity contribution in [3.63, 3.8) is 0 Å². The van der Waals surface area contributed by atoms with Crippen LogP contribution in [0.1, 0.15) is 52.9 Å². The van der Waals surface area contributed by atoms with Gasteiger partial charge in [0.15, 0.2) is 0 Å². The number of amides is 1. The van der Waals surface area contributed by atoms with Crippen LogP contribution in [0.2, 0.25) is 0 Å². The highest BCUT2D eigenvalue weighted by molar-refractivity contribution is 5.97. The van der Waals surface area contributed by atoms with Gasteiger partial charge >= 0.3 is 0 Å². The summed E-state index contributed by atoms with van der Waals surface area (Å²) in [4.78, 5) is 15.2. The molecule has 0 bridgehead atoms. The van der Waals surface area contributed by atoms with Gasteiger partial charge in [0.25, 0.3) is 5.91 Å². The molecule has 1 aromatic rings. The Morgan fingerprint density at radius 2 is 2.00 bits per heavy atom. The van der Waals surface area contributed by atoms with Gasteiger partial charge in [0.05, 0.1) is 6.61 Å².